The summed E-state index contributed by atoms with van der Waals surface area (Å²) in [7, 11) is 0. The number of anilines is 1. The van der Waals surface area contributed by atoms with Crippen LogP contribution in [0.25, 0.3) is 11.3 Å². The van der Waals surface area contributed by atoms with Gasteiger partial charge in [-0.05, 0) is 49.2 Å². The highest BCUT2D eigenvalue weighted by atomic mass is 19.1. The van der Waals surface area contributed by atoms with Crippen LogP contribution in [0.15, 0.2) is 71.3 Å². The number of aromatic nitrogens is 2. The van der Waals surface area contributed by atoms with Gasteiger partial charge in [0.25, 0.3) is 5.91 Å². The first-order valence-corrected chi connectivity index (χ1v) is 10.8. The van der Waals surface area contributed by atoms with Gasteiger partial charge in [-0.1, -0.05) is 18.2 Å². The van der Waals surface area contributed by atoms with Gasteiger partial charge in [-0.3, -0.25) is 4.79 Å². The largest absolute Gasteiger partial charge is 0.507 e. The fourth-order valence-electron chi connectivity index (χ4n) is 3.67. The maximum Gasteiger partial charge on any atom is 0.342 e. The number of aromatic hydroxyl groups is 1. The molecule has 8 nitrogen and oxygen atoms in total. The molecule has 1 fully saturated rings. The maximum atomic E-state index is 13.9. The Morgan fingerprint density at radius 1 is 1.12 bits per heavy atom. The molecular formula is C25H21FN4O4. The van der Waals surface area contributed by atoms with E-state index in [1.165, 1.54) is 29.1 Å². The SMILES string of the molecule is O=C(Nc1ccc(-c2cc(C3CC3)n(C(=O)NCc3ccccc3F)n2)c(O)c1)c1ccco1. The van der Waals surface area contributed by atoms with Crippen LogP contribution in [0.3, 0.4) is 0 Å². The monoisotopic (exact) mass is 460 g/mol. The quantitative estimate of drug-likeness (QED) is 0.380. The third kappa shape index (κ3) is 4.40. The molecule has 0 bridgehead atoms. The third-order valence-corrected chi connectivity index (χ3v) is 5.59. The number of phenolic OH excluding ortho intramolecular Hbond substituents is 1. The second kappa shape index (κ2) is 8.86. The Balaban J connectivity index is 1.36. The summed E-state index contributed by atoms with van der Waals surface area (Å²) in [4.78, 5) is 25.0. The van der Waals surface area contributed by atoms with Crippen LogP contribution in [0.2, 0.25) is 0 Å². The van der Waals surface area contributed by atoms with Crippen molar-refractivity contribution in [2.24, 2.45) is 0 Å². The molecular weight excluding hydrogens is 439 g/mol. The smallest absolute Gasteiger partial charge is 0.342 e. The summed E-state index contributed by atoms with van der Waals surface area (Å²) in [5.41, 5.74) is 2.33. The second-order valence-corrected chi connectivity index (χ2v) is 8.05. The van der Waals surface area contributed by atoms with E-state index in [2.05, 4.69) is 15.7 Å². The van der Waals surface area contributed by atoms with Crippen molar-refractivity contribution in [1.29, 1.82) is 0 Å². The van der Waals surface area contributed by atoms with Crippen molar-refractivity contribution in [3.8, 4) is 17.0 Å². The lowest BCUT2D eigenvalue weighted by Gasteiger charge is -2.08. The molecule has 4 aromatic rings. The molecule has 172 valence electrons. The molecule has 0 radical (unpaired) electrons. The first kappa shape index (κ1) is 21.4. The number of halogens is 1. The van der Waals surface area contributed by atoms with E-state index < -0.39 is 17.8 Å². The van der Waals surface area contributed by atoms with Crippen LogP contribution in [0.5, 0.6) is 5.75 Å². The molecule has 2 aromatic heterocycles. The zero-order chi connectivity index (χ0) is 23.7. The Kier molecular flexibility index (Phi) is 5.59. The zero-order valence-corrected chi connectivity index (χ0v) is 18.0. The molecule has 1 aliphatic rings. The Labute approximate surface area is 194 Å². The van der Waals surface area contributed by atoms with Gasteiger partial charge in [-0.2, -0.15) is 9.78 Å². The lowest BCUT2D eigenvalue weighted by atomic mass is 10.1. The average Bonchev–Trinajstić information content (AvgIpc) is 3.33. The Bertz CT molecular complexity index is 1360. The van der Waals surface area contributed by atoms with Gasteiger partial charge in [0.15, 0.2) is 5.76 Å². The molecule has 2 amide bonds. The number of rotatable bonds is 6. The first-order chi connectivity index (χ1) is 16.5. The molecule has 34 heavy (non-hydrogen) atoms. The van der Waals surface area contributed by atoms with Crippen molar-refractivity contribution in [1.82, 2.24) is 15.1 Å². The van der Waals surface area contributed by atoms with Gasteiger partial charge in [-0.15, -0.1) is 0 Å². The van der Waals surface area contributed by atoms with Gasteiger partial charge in [0.1, 0.15) is 11.6 Å². The molecule has 5 rings (SSSR count). The van der Waals surface area contributed by atoms with Gasteiger partial charge >= 0.3 is 6.03 Å². The lowest BCUT2D eigenvalue weighted by Crippen LogP contribution is -2.30. The Morgan fingerprint density at radius 3 is 2.65 bits per heavy atom. The maximum absolute atomic E-state index is 13.9. The summed E-state index contributed by atoms with van der Waals surface area (Å²) in [6.45, 7) is 0.0279. The molecule has 0 aliphatic heterocycles. The van der Waals surface area contributed by atoms with Crippen molar-refractivity contribution in [2.75, 3.05) is 5.32 Å². The van der Waals surface area contributed by atoms with Crippen molar-refractivity contribution in [3.05, 3.63) is 89.8 Å². The molecule has 0 unspecified atom stereocenters. The fourth-order valence-corrected chi connectivity index (χ4v) is 3.67. The number of carbonyl (C=O) groups excluding carboxylic acids is 2. The summed E-state index contributed by atoms with van der Waals surface area (Å²) >= 11 is 0. The van der Waals surface area contributed by atoms with E-state index in [0.717, 1.165) is 18.5 Å². The molecule has 1 saturated carbocycles. The minimum absolute atomic E-state index is 0.0279. The highest BCUT2D eigenvalue weighted by molar-refractivity contribution is 6.02. The average molecular weight is 460 g/mol. The van der Waals surface area contributed by atoms with E-state index >= 15 is 0 Å². The van der Waals surface area contributed by atoms with E-state index in [-0.39, 0.29) is 24.0 Å². The summed E-state index contributed by atoms with van der Waals surface area (Å²) in [6, 6.07) is 15.3. The first-order valence-electron chi connectivity index (χ1n) is 10.8. The molecule has 9 heteroatoms. The number of benzene rings is 2. The number of nitrogens with one attached hydrogen (secondary N) is 2. The number of carbonyl (C=O) groups is 2. The topological polar surface area (TPSA) is 109 Å². The summed E-state index contributed by atoms with van der Waals surface area (Å²) in [5.74, 6) is -0.581. The van der Waals surface area contributed by atoms with Gasteiger partial charge < -0.3 is 20.2 Å². The van der Waals surface area contributed by atoms with Gasteiger partial charge in [0.05, 0.1) is 17.7 Å². The van der Waals surface area contributed by atoms with Crippen LogP contribution in [0.4, 0.5) is 14.9 Å². The van der Waals surface area contributed by atoms with Gasteiger partial charge in [-0.25, -0.2) is 9.18 Å². The molecule has 3 N–H and O–H groups in total. The Hall–Kier alpha value is -4.40. The van der Waals surface area contributed by atoms with Crippen LogP contribution in [0, 0.1) is 5.82 Å². The highest BCUT2D eigenvalue weighted by Crippen LogP contribution is 2.42. The van der Waals surface area contributed by atoms with Crippen LogP contribution in [-0.2, 0) is 6.54 Å². The molecule has 0 spiro atoms. The van der Waals surface area contributed by atoms with E-state index in [1.807, 2.05) is 0 Å². The van der Waals surface area contributed by atoms with E-state index in [9.17, 15) is 19.1 Å². The third-order valence-electron chi connectivity index (χ3n) is 5.59. The van der Waals surface area contributed by atoms with E-state index in [4.69, 9.17) is 4.42 Å². The lowest BCUT2D eigenvalue weighted by molar-refractivity contribution is 0.0996. The summed E-state index contributed by atoms with van der Waals surface area (Å²) < 4.78 is 20.2. The van der Waals surface area contributed by atoms with Crippen molar-refractivity contribution in [3.63, 3.8) is 0 Å². The fraction of sp³-hybridized carbons (Fsp3) is 0.160. The molecule has 1 aliphatic carbocycles. The van der Waals surface area contributed by atoms with Crippen molar-refractivity contribution in [2.45, 2.75) is 25.3 Å². The van der Waals surface area contributed by atoms with Crippen LogP contribution in [-0.4, -0.2) is 26.8 Å². The van der Waals surface area contributed by atoms with E-state index in [1.54, 1.807) is 42.5 Å². The summed E-state index contributed by atoms with van der Waals surface area (Å²) in [5, 5.41) is 20.4. The predicted molar refractivity (Wildman–Crippen MR) is 122 cm³/mol. The van der Waals surface area contributed by atoms with Crippen LogP contribution < -0.4 is 10.6 Å². The van der Waals surface area contributed by atoms with Gasteiger partial charge in [0, 0.05) is 35.3 Å². The minimum Gasteiger partial charge on any atom is -0.507 e. The number of hydrogen-bond donors (Lipinski definition) is 3. The van der Waals surface area contributed by atoms with Crippen LogP contribution >= 0.6 is 0 Å². The van der Waals surface area contributed by atoms with E-state index in [0.29, 0.717) is 22.5 Å². The highest BCUT2D eigenvalue weighted by Gasteiger charge is 2.30. The molecule has 2 aromatic carbocycles. The number of hydrogen-bond acceptors (Lipinski definition) is 5. The van der Waals surface area contributed by atoms with Crippen molar-refractivity contribution < 1.29 is 23.5 Å². The number of furan rings is 1. The van der Waals surface area contributed by atoms with Crippen molar-refractivity contribution >= 4 is 17.6 Å². The minimum atomic E-state index is -0.474. The molecule has 2 heterocycles. The number of nitrogens with zero attached hydrogens (tertiary/aromatic N) is 2. The summed E-state index contributed by atoms with van der Waals surface area (Å²) in [6.07, 6.45) is 3.28. The second-order valence-electron chi connectivity index (χ2n) is 8.05. The zero-order valence-electron chi connectivity index (χ0n) is 18.0. The normalized spacial score (nSPS) is 13.0. The van der Waals surface area contributed by atoms with Crippen LogP contribution in [0.1, 0.15) is 40.6 Å². The number of amides is 2. The molecule has 0 saturated heterocycles. The number of phenols is 1. The van der Waals surface area contributed by atoms with Gasteiger partial charge in [0.2, 0.25) is 0 Å². The molecule has 0 atom stereocenters. The standard InChI is InChI=1S/C25H21FN4O4/c26-19-5-2-1-4-16(19)14-27-25(33)30-21(15-7-8-15)13-20(29-30)18-10-9-17(12-22(18)31)28-24(32)23-6-3-11-34-23/h1-6,9-13,15,31H,7-8,14H2,(H,27,33)(H,28,32). The predicted octanol–water partition coefficient (Wildman–Crippen LogP) is 4.88. The Morgan fingerprint density at radius 2 is 1.94 bits per heavy atom.